The Kier molecular flexibility index (Phi) is 3.23. The van der Waals surface area contributed by atoms with Crippen LogP contribution in [0.2, 0.25) is 20.1 Å². The average molecular weight is 316 g/mol. The fourth-order valence-electron chi connectivity index (χ4n) is 2.09. The van der Waals surface area contributed by atoms with Crippen molar-refractivity contribution < 1.29 is 0 Å². The molecule has 0 saturated heterocycles. The molecule has 1 aliphatic carbocycles. The van der Waals surface area contributed by atoms with Crippen LogP contribution in [0.3, 0.4) is 0 Å². The summed E-state index contributed by atoms with van der Waals surface area (Å²) in [5.41, 5.74) is 3.80. The first kappa shape index (κ1) is 12.6. The molecule has 0 bridgehead atoms. The third-order valence-corrected chi connectivity index (χ3v) is 4.85. The van der Waals surface area contributed by atoms with Crippen LogP contribution < -0.4 is 0 Å². The molecule has 1 aliphatic rings. The lowest BCUT2D eigenvalue weighted by Crippen LogP contribution is -2.07. The third kappa shape index (κ3) is 1.83. The van der Waals surface area contributed by atoms with E-state index in [-0.39, 0.29) is 5.02 Å². The number of halogens is 4. The molecule has 18 heavy (non-hydrogen) atoms. The standard InChI is InChI=1S/C14H6Cl4/c15-11-9-5-7-3-1-2-4-8(7)6-10(9)12(16)14(18)13(11)17/h1-4H,5H2. The van der Waals surface area contributed by atoms with Gasteiger partial charge in [-0.25, -0.2) is 0 Å². The minimum absolute atomic E-state index is 0.286. The van der Waals surface area contributed by atoms with Crippen LogP contribution in [-0.2, 0) is 6.42 Å². The van der Waals surface area contributed by atoms with Crippen molar-refractivity contribution in [2.45, 2.75) is 6.42 Å². The molecule has 2 radical (unpaired) electrons. The van der Waals surface area contributed by atoms with Gasteiger partial charge in [-0.05, 0) is 28.7 Å². The molecule has 0 heterocycles. The molecule has 4 heteroatoms. The molecule has 0 saturated carbocycles. The topological polar surface area (TPSA) is 0 Å². The SMILES string of the molecule is Clc1c(Cl)c(Cl)c2c(c1Cl)[C]c1ccccc1C2. The van der Waals surface area contributed by atoms with Crippen molar-refractivity contribution in [2.24, 2.45) is 0 Å². The van der Waals surface area contributed by atoms with Crippen LogP contribution in [0.1, 0.15) is 22.3 Å². The first-order valence-corrected chi connectivity index (χ1v) is 6.80. The zero-order valence-electron chi connectivity index (χ0n) is 9.03. The molecular weight excluding hydrogens is 310 g/mol. The normalized spacial score (nSPS) is 13.1. The van der Waals surface area contributed by atoms with Crippen LogP contribution in [0.25, 0.3) is 0 Å². The second kappa shape index (κ2) is 4.61. The van der Waals surface area contributed by atoms with E-state index in [1.54, 1.807) is 0 Å². The fourth-order valence-corrected chi connectivity index (χ4v) is 3.10. The molecule has 0 fully saturated rings. The summed E-state index contributed by atoms with van der Waals surface area (Å²) in [4.78, 5) is 0. The van der Waals surface area contributed by atoms with E-state index in [4.69, 9.17) is 46.4 Å². The van der Waals surface area contributed by atoms with Crippen LogP contribution >= 0.6 is 46.4 Å². The molecule has 0 spiro atoms. The maximum Gasteiger partial charge on any atom is 0.0797 e. The van der Waals surface area contributed by atoms with E-state index < -0.39 is 0 Å². The molecule has 0 unspecified atom stereocenters. The lowest BCUT2D eigenvalue weighted by molar-refractivity contribution is 1.10. The Morgan fingerprint density at radius 1 is 0.833 bits per heavy atom. The van der Waals surface area contributed by atoms with E-state index in [9.17, 15) is 0 Å². The quantitative estimate of drug-likeness (QED) is 0.370. The van der Waals surface area contributed by atoms with Crippen molar-refractivity contribution in [3.05, 3.63) is 73.0 Å². The van der Waals surface area contributed by atoms with Crippen LogP contribution in [0.5, 0.6) is 0 Å². The predicted molar refractivity (Wildman–Crippen MR) is 77.2 cm³/mol. The minimum atomic E-state index is 0.286. The molecule has 3 rings (SSSR count). The van der Waals surface area contributed by atoms with Crippen LogP contribution in [0.15, 0.2) is 24.3 Å². The summed E-state index contributed by atoms with van der Waals surface area (Å²) in [5.74, 6) is 0. The number of benzene rings is 2. The van der Waals surface area contributed by atoms with Gasteiger partial charge in [0.15, 0.2) is 0 Å². The van der Waals surface area contributed by atoms with Crippen molar-refractivity contribution >= 4 is 46.4 Å². The van der Waals surface area contributed by atoms with Gasteiger partial charge in [-0.1, -0.05) is 70.7 Å². The Balaban J connectivity index is 2.25. The third-order valence-electron chi connectivity index (χ3n) is 3.01. The molecule has 0 aliphatic heterocycles. The summed E-state index contributed by atoms with van der Waals surface area (Å²) in [6.45, 7) is 0. The fraction of sp³-hybridized carbons (Fsp3) is 0.0714. The summed E-state index contributed by atoms with van der Waals surface area (Å²) in [5, 5.41) is 1.47. The maximum absolute atomic E-state index is 6.24. The largest absolute Gasteiger partial charge is 0.0823 e. The molecule has 0 N–H and O–H groups in total. The Hall–Kier alpha value is -0.400. The summed E-state index contributed by atoms with van der Waals surface area (Å²) < 4.78 is 0. The lowest BCUT2D eigenvalue weighted by Gasteiger charge is -2.22. The summed E-state index contributed by atoms with van der Waals surface area (Å²) in [6.07, 6.45) is 3.95. The van der Waals surface area contributed by atoms with Crippen molar-refractivity contribution in [1.29, 1.82) is 0 Å². The first-order chi connectivity index (χ1) is 8.59. The first-order valence-electron chi connectivity index (χ1n) is 5.29. The molecule has 2 aromatic carbocycles. The summed E-state index contributed by atoms with van der Waals surface area (Å²) >= 11 is 24.6. The van der Waals surface area contributed by atoms with Gasteiger partial charge in [0.1, 0.15) is 0 Å². The van der Waals surface area contributed by atoms with Crippen molar-refractivity contribution in [3.63, 3.8) is 0 Å². The minimum Gasteiger partial charge on any atom is -0.0823 e. The smallest absolute Gasteiger partial charge is 0.0797 e. The van der Waals surface area contributed by atoms with E-state index >= 15 is 0 Å². The second-order valence-electron chi connectivity index (χ2n) is 4.07. The van der Waals surface area contributed by atoms with Crippen molar-refractivity contribution in [3.8, 4) is 0 Å². The van der Waals surface area contributed by atoms with Gasteiger partial charge in [0.05, 0.1) is 26.5 Å². The average Bonchev–Trinajstić information content (AvgIpc) is 2.41. The molecule has 0 amide bonds. The van der Waals surface area contributed by atoms with Gasteiger partial charge < -0.3 is 0 Å². The molecule has 90 valence electrons. The van der Waals surface area contributed by atoms with Crippen LogP contribution in [0, 0.1) is 6.42 Å². The predicted octanol–water partition coefficient (Wildman–Crippen LogP) is 5.68. The highest BCUT2D eigenvalue weighted by atomic mass is 35.5. The lowest BCUT2D eigenvalue weighted by atomic mass is 9.86. The van der Waals surface area contributed by atoms with Gasteiger partial charge in [-0.3, -0.25) is 0 Å². The number of fused-ring (bicyclic) bond motifs is 2. The Labute approximate surface area is 125 Å². The van der Waals surface area contributed by atoms with Crippen LogP contribution in [0.4, 0.5) is 0 Å². The summed E-state index contributed by atoms with van der Waals surface area (Å²) in [6, 6.07) is 7.98. The monoisotopic (exact) mass is 314 g/mol. The van der Waals surface area contributed by atoms with Gasteiger partial charge in [-0.15, -0.1) is 0 Å². The molecule has 2 aromatic rings. The van der Waals surface area contributed by atoms with Gasteiger partial charge >= 0.3 is 0 Å². The van der Waals surface area contributed by atoms with E-state index in [1.165, 1.54) is 0 Å². The zero-order valence-corrected chi connectivity index (χ0v) is 12.1. The van der Waals surface area contributed by atoms with E-state index in [1.807, 2.05) is 24.3 Å². The zero-order chi connectivity index (χ0) is 12.9. The molecule has 0 nitrogen and oxygen atoms in total. The molecule has 0 aromatic heterocycles. The Morgan fingerprint density at radius 2 is 1.50 bits per heavy atom. The van der Waals surface area contributed by atoms with Gasteiger partial charge in [0.25, 0.3) is 0 Å². The maximum atomic E-state index is 6.24. The highest BCUT2D eigenvalue weighted by Gasteiger charge is 2.25. The van der Waals surface area contributed by atoms with E-state index in [2.05, 4.69) is 6.42 Å². The number of rotatable bonds is 0. The number of hydrogen-bond donors (Lipinski definition) is 0. The molecular formula is C14H6Cl4. The summed E-state index contributed by atoms with van der Waals surface area (Å²) in [7, 11) is 0. The number of hydrogen-bond acceptors (Lipinski definition) is 0. The molecule has 0 atom stereocenters. The van der Waals surface area contributed by atoms with E-state index in [0.717, 1.165) is 22.3 Å². The van der Waals surface area contributed by atoms with Crippen molar-refractivity contribution in [1.82, 2.24) is 0 Å². The Morgan fingerprint density at radius 3 is 2.28 bits per heavy atom. The van der Waals surface area contributed by atoms with Gasteiger partial charge in [-0.2, -0.15) is 0 Å². The Bertz CT molecular complexity index is 591. The van der Waals surface area contributed by atoms with Crippen molar-refractivity contribution in [2.75, 3.05) is 0 Å². The second-order valence-corrected chi connectivity index (χ2v) is 5.58. The van der Waals surface area contributed by atoms with Crippen LogP contribution in [-0.4, -0.2) is 0 Å². The van der Waals surface area contributed by atoms with E-state index in [0.29, 0.717) is 21.5 Å². The highest BCUT2D eigenvalue weighted by molar-refractivity contribution is 6.52. The highest BCUT2D eigenvalue weighted by Crippen LogP contribution is 2.45. The van der Waals surface area contributed by atoms with Gasteiger partial charge in [0.2, 0.25) is 0 Å². The van der Waals surface area contributed by atoms with Gasteiger partial charge in [0, 0.05) is 0 Å².